The van der Waals surface area contributed by atoms with Crippen LogP contribution in [-0.2, 0) is 9.84 Å². The molecule has 1 radical (unpaired) electrons. The minimum absolute atomic E-state index is 0.231. The molecule has 11 heavy (non-hydrogen) atoms. The van der Waals surface area contributed by atoms with Crippen LogP contribution in [0.1, 0.15) is 0 Å². The van der Waals surface area contributed by atoms with Crippen molar-refractivity contribution in [3.63, 3.8) is 0 Å². The Kier molecular flexibility index (Phi) is 2.53. The Morgan fingerprint density at radius 2 is 1.91 bits per heavy atom. The maximum Gasteiger partial charge on any atom is 0.152 e. The van der Waals surface area contributed by atoms with Crippen LogP contribution in [-0.4, -0.2) is 44.5 Å². The number of hydrogen-bond donors (Lipinski definition) is 0. The van der Waals surface area contributed by atoms with E-state index >= 15 is 0 Å². The van der Waals surface area contributed by atoms with Gasteiger partial charge in [0.05, 0.1) is 18.1 Å². The van der Waals surface area contributed by atoms with Crippen LogP contribution in [0.4, 0.5) is 0 Å². The summed E-state index contributed by atoms with van der Waals surface area (Å²) in [5.41, 5.74) is 0. The third-order valence-corrected chi connectivity index (χ3v) is 3.35. The Labute approximate surface area is 67.3 Å². The van der Waals surface area contributed by atoms with E-state index in [2.05, 4.69) is 5.92 Å². The number of rotatable bonds is 1. The third kappa shape index (κ3) is 2.52. The van der Waals surface area contributed by atoms with Crippen LogP contribution >= 0.6 is 0 Å². The Morgan fingerprint density at radius 3 is 2.36 bits per heavy atom. The van der Waals surface area contributed by atoms with Gasteiger partial charge in [-0.25, -0.2) is 8.42 Å². The zero-order chi connectivity index (χ0) is 8.32. The van der Waals surface area contributed by atoms with Crippen molar-refractivity contribution in [3.05, 3.63) is 6.42 Å². The van der Waals surface area contributed by atoms with E-state index < -0.39 is 9.84 Å². The zero-order valence-corrected chi connectivity index (χ0v) is 7.02. The third-order valence-electron chi connectivity index (χ3n) is 1.74. The van der Waals surface area contributed by atoms with Gasteiger partial charge in [-0.2, -0.15) is 0 Å². The van der Waals surface area contributed by atoms with Crippen LogP contribution < -0.4 is 0 Å². The Bertz CT molecular complexity index is 249. The fraction of sp³-hybridized carbons (Fsp3) is 0.714. The van der Waals surface area contributed by atoms with Crippen molar-refractivity contribution in [1.29, 1.82) is 0 Å². The summed E-state index contributed by atoms with van der Waals surface area (Å²) >= 11 is 0. The van der Waals surface area contributed by atoms with Gasteiger partial charge in [0.2, 0.25) is 0 Å². The van der Waals surface area contributed by atoms with E-state index in [0.29, 0.717) is 19.6 Å². The van der Waals surface area contributed by atoms with Gasteiger partial charge < -0.3 is 0 Å². The van der Waals surface area contributed by atoms with Crippen LogP contribution in [0.2, 0.25) is 0 Å². The lowest BCUT2D eigenvalue weighted by atomic mass is 10.5. The zero-order valence-electron chi connectivity index (χ0n) is 6.21. The van der Waals surface area contributed by atoms with E-state index in [0.717, 1.165) is 0 Å². The van der Waals surface area contributed by atoms with Crippen molar-refractivity contribution in [3.8, 4) is 5.92 Å². The Morgan fingerprint density at radius 1 is 1.36 bits per heavy atom. The molecule has 61 valence electrons. The topological polar surface area (TPSA) is 37.4 Å². The van der Waals surface area contributed by atoms with Gasteiger partial charge in [0, 0.05) is 13.1 Å². The lowest BCUT2D eigenvalue weighted by Crippen LogP contribution is -2.40. The Hall–Kier alpha value is -0.530. The molecule has 0 aliphatic carbocycles. The van der Waals surface area contributed by atoms with Gasteiger partial charge in [-0.1, -0.05) is 5.92 Å². The lowest BCUT2D eigenvalue weighted by Gasteiger charge is -2.23. The molecule has 0 aromatic rings. The van der Waals surface area contributed by atoms with Crippen LogP contribution in [0, 0.1) is 12.3 Å². The molecule has 1 rings (SSSR count). The monoisotopic (exact) mass is 172 g/mol. The predicted octanol–water partition coefficient (Wildman–Crippen LogP) is -0.693. The fourth-order valence-corrected chi connectivity index (χ4v) is 2.30. The first-order chi connectivity index (χ1) is 5.14. The summed E-state index contributed by atoms with van der Waals surface area (Å²) in [6.45, 7) is 1.55. The molecular formula is C7H10NO2S. The first-order valence-electron chi connectivity index (χ1n) is 3.46. The first kappa shape index (κ1) is 8.57. The van der Waals surface area contributed by atoms with Gasteiger partial charge in [-0.05, 0) is 6.42 Å². The highest BCUT2D eigenvalue weighted by Gasteiger charge is 2.20. The minimum Gasteiger partial charge on any atom is -0.290 e. The van der Waals surface area contributed by atoms with Gasteiger partial charge >= 0.3 is 0 Å². The highest BCUT2D eigenvalue weighted by atomic mass is 32.2. The summed E-state index contributed by atoms with van der Waals surface area (Å²) < 4.78 is 21.8. The molecule has 1 saturated heterocycles. The van der Waals surface area contributed by atoms with Crippen molar-refractivity contribution in [1.82, 2.24) is 4.90 Å². The molecule has 0 aromatic carbocycles. The van der Waals surface area contributed by atoms with Gasteiger partial charge in [-0.3, -0.25) is 4.90 Å². The number of hydrogen-bond acceptors (Lipinski definition) is 3. The van der Waals surface area contributed by atoms with Gasteiger partial charge in [0.1, 0.15) is 0 Å². The van der Waals surface area contributed by atoms with E-state index in [-0.39, 0.29) is 11.5 Å². The second kappa shape index (κ2) is 3.24. The van der Waals surface area contributed by atoms with Crippen LogP contribution in [0.3, 0.4) is 0 Å². The van der Waals surface area contributed by atoms with E-state index in [1.54, 1.807) is 0 Å². The molecule has 1 aliphatic heterocycles. The van der Waals surface area contributed by atoms with Crippen LogP contribution in [0.5, 0.6) is 0 Å². The standard InChI is InChI=1S/C7H10NO2S/c1-2-3-8-4-6-11(9,10)7-5-8/h3-7H2. The van der Waals surface area contributed by atoms with E-state index in [4.69, 9.17) is 6.42 Å². The van der Waals surface area contributed by atoms with Crippen molar-refractivity contribution < 1.29 is 8.42 Å². The number of sulfone groups is 1. The molecule has 3 nitrogen and oxygen atoms in total. The molecular weight excluding hydrogens is 162 g/mol. The van der Waals surface area contributed by atoms with Crippen LogP contribution in [0.25, 0.3) is 0 Å². The molecule has 0 atom stereocenters. The average molecular weight is 172 g/mol. The maximum absolute atomic E-state index is 10.9. The summed E-state index contributed by atoms with van der Waals surface area (Å²) in [7, 11) is -2.76. The largest absolute Gasteiger partial charge is 0.290 e. The fourth-order valence-electron chi connectivity index (χ4n) is 1.02. The predicted molar refractivity (Wildman–Crippen MR) is 42.2 cm³/mol. The minimum atomic E-state index is -2.76. The summed E-state index contributed by atoms with van der Waals surface area (Å²) in [5, 5.41) is 0. The van der Waals surface area contributed by atoms with E-state index in [1.165, 1.54) is 0 Å². The van der Waals surface area contributed by atoms with Gasteiger partial charge in [-0.15, -0.1) is 0 Å². The molecule has 0 saturated carbocycles. The summed E-state index contributed by atoms with van der Waals surface area (Å²) in [6.07, 6.45) is 6.70. The molecule has 4 heteroatoms. The van der Waals surface area contributed by atoms with E-state index in [1.807, 2.05) is 4.90 Å². The van der Waals surface area contributed by atoms with Crippen molar-refractivity contribution in [2.75, 3.05) is 31.1 Å². The van der Waals surface area contributed by atoms with Crippen molar-refractivity contribution in [2.24, 2.45) is 0 Å². The van der Waals surface area contributed by atoms with Gasteiger partial charge in [0.15, 0.2) is 9.84 Å². The normalized spacial score (nSPS) is 24.3. The number of nitrogens with zero attached hydrogens (tertiary/aromatic N) is 1. The highest BCUT2D eigenvalue weighted by molar-refractivity contribution is 7.91. The molecule has 0 spiro atoms. The summed E-state index contributed by atoms with van der Waals surface area (Å²) in [5.74, 6) is 2.71. The average Bonchev–Trinajstić information content (AvgIpc) is 1.94. The van der Waals surface area contributed by atoms with Crippen molar-refractivity contribution in [2.45, 2.75) is 0 Å². The first-order valence-corrected chi connectivity index (χ1v) is 5.28. The molecule has 0 N–H and O–H groups in total. The second-order valence-electron chi connectivity index (χ2n) is 2.60. The second-order valence-corrected chi connectivity index (χ2v) is 4.91. The SMILES string of the molecule is [C]#CCN1CCS(=O)(=O)CC1. The Balaban J connectivity index is 2.44. The maximum atomic E-state index is 10.9. The smallest absolute Gasteiger partial charge is 0.152 e. The molecule has 0 unspecified atom stereocenters. The molecule has 1 aliphatic rings. The summed E-state index contributed by atoms with van der Waals surface area (Å²) in [4.78, 5) is 1.91. The van der Waals surface area contributed by atoms with E-state index in [9.17, 15) is 8.42 Å². The highest BCUT2D eigenvalue weighted by Crippen LogP contribution is 2.01. The molecule has 0 amide bonds. The lowest BCUT2D eigenvalue weighted by molar-refractivity contribution is 0.331. The quantitative estimate of drug-likeness (QED) is 0.491. The summed E-state index contributed by atoms with van der Waals surface area (Å²) in [6, 6.07) is 0. The molecule has 1 fully saturated rings. The van der Waals surface area contributed by atoms with Crippen LogP contribution in [0.15, 0.2) is 0 Å². The van der Waals surface area contributed by atoms with Crippen molar-refractivity contribution >= 4 is 9.84 Å². The molecule has 0 aromatic heterocycles. The van der Waals surface area contributed by atoms with Gasteiger partial charge in [0.25, 0.3) is 0 Å². The molecule has 1 heterocycles. The molecule has 0 bridgehead atoms.